The molecule has 1 saturated heterocycles. The van der Waals surface area contributed by atoms with Gasteiger partial charge in [-0.15, -0.1) is 0 Å². The smallest absolute Gasteiger partial charge is 0.247 e. The molecule has 0 radical (unpaired) electrons. The number of nitrogens with zero attached hydrogens (tertiary/aromatic N) is 1. The number of nitrogens with two attached hydrogens (primary N) is 1. The van der Waals surface area contributed by atoms with E-state index in [1.165, 1.54) is 0 Å². The van der Waals surface area contributed by atoms with E-state index in [0.29, 0.717) is 12.8 Å². The lowest BCUT2D eigenvalue weighted by Crippen LogP contribution is -2.58. The number of amides is 2. The van der Waals surface area contributed by atoms with E-state index in [2.05, 4.69) is 10.6 Å². The Balaban J connectivity index is 2.30. The lowest BCUT2D eigenvalue weighted by molar-refractivity contribution is -0.153. The number of carbonyl (C=O) groups is 2. The Morgan fingerprint density at radius 1 is 1.30 bits per heavy atom. The second-order valence-corrected chi connectivity index (χ2v) is 5.96. The lowest BCUT2D eigenvalue weighted by atomic mass is 9.54. The first-order valence-electron chi connectivity index (χ1n) is 6.60. The number of fused-ring (bicyclic) bond motifs is 2. The fourth-order valence-corrected chi connectivity index (χ4v) is 4.05. The summed E-state index contributed by atoms with van der Waals surface area (Å²) in [5.74, 6) is -1.35. The van der Waals surface area contributed by atoms with Gasteiger partial charge in [-0.3, -0.25) is 9.59 Å². The molecule has 3 atom stereocenters. The van der Waals surface area contributed by atoms with Crippen LogP contribution in [0.1, 0.15) is 32.6 Å². The summed E-state index contributed by atoms with van der Waals surface area (Å²) in [6.45, 7) is 1.68. The van der Waals surface area contributed by atoms with Crippen molar-refractivity contribution in [2.75, 3.05) is 0 Å². The molecule has 0 bridgehead atoms. The molecule has 3 aliphatic rings. The lowest BCUT2D eigenvalue weighted by Gasteiger charge is -2.47. The third kappa shape index (κ3) is 1.06. The minimum absolute atomic E-state index is 0.0830. The van der Waals surface area contributed by atoms with Crippen LogP contribution in [0.4, 0.5) is 0 Å². The molecule has 2 fully saturated rings. The normalized spacial score (nSPS) is 43.2. The molecule has 2 heterocycles. The fraction of sp³-hybridized carbons (Fsp3) is 0.615. The van der Waals surface area contributed by atoms with Gasteiger partial charge in [0, 0.05) is 5.41 Å². The highest BCUT2D eigenvalue weighted by Crippen LogP contribution is 2.62. The number of hydrogen-bond donors (Lipinski definition) is 4. The largest absolute Gasteiger partial charge is 0.384 e. The third-order valence-electron chi connectivity index (χ3n) is 5.21. The van der Waals surface area contributed by atoms with Crippen LogP contribution in [0.15, 0.2) is 11.4 Å². The number of nitriles is 1. The molecule has 0 unspecified atom stereocenters. The summed E-state index contributed by atoms with van der Waals surface area (Å²) in [6, 6.07) is 1.88. The maximum absolute atomic E-state index is 12.5. The Bertz CT molecular complexity index is 607. The number of nitrogens with one attached hydrogen (secondary N) is 2. The van der Waals surface area contributed by atoms with Gasteiger partial charge in [-0.25, -0.2) is 0 Å². The Kier molecular flexibility index (Phi) is 2.28. The van der Waals surface area contributed by atoms with Crippen molar-refractivity contribution in [1.29, 1.82) is 5.26 Å². The van der Waals surface area contributed by atoms with Crippen molar-refractivity contribution in [1.82, 2.24) is 10.6 Å². The zero-order chi connectivity index (χ0) is 14.8. The van der Waals surface area contributed by atoms with E-state index >= 15 is 0 Å². The van der Waals surface area contributed by atoms with Gasteiger partial charge >= 0.3 is 0 Å². The van der Waals surface area contributed by atoms with Crippen LogP contribution in [0.3, 0.4) is 0 Å². The fourth-order valence-electron chi connectivity index (χ4n) is 4.05. The van der Waals surface area contributed by atoms with E-state index in [1.54, 1.807) is 6.92 Å². The van der Waals surface area contributed by atoms with Crippen molar-refractivity contribution in [2.24, 2.45) is 16.6 Å². The molecule has 7 nitrogen and oxygen atoms in total. The molecule has 1 saturated carbocycles. The number of hydrogen-bond acceptors (Lipinski definition) is 5. The van der Waals surface area contributed by atoms with Crippen molar-refractivity contribution in [3.05, 3.63) is 11.4 Å². The van der Waals surface area contributed by atoms with Gasteiger partial charge in [-0.05, 0) is 19.3 Å². The summed E-state index contributed by atoms with van der Waals surface area (Å²) in [4.78, 5) is 25.0. The Morgan fingerprint density at radius 2 is 1.95 bits per heavy atom. The van der Waals surface area contributed by atoms with Crippen LogP contribution in [0, 0.1) is 22.2 Å². The number of carbonyl (C=O) groups excluding carboxylic acids is 2. The minimum atomic E-state index is -1.72. The van der Waals surface area contributed by atoms with Crippen LogP contribution in [-0.2, 0) is 9.59 Å². The topological polar surface area (TPSA) is 128 Å². The quantitative estimate of drug-likeness (QED) is 0.430. The van der Waals surface area contributed by atoms with E-state index in [9.17, 15) is 20.0 Å². The second-order valence-electron chi connectivity index (χ2n) is 5.96. The van der Waals surface area contributed by atoms with Crippen molar-refractivity contribution in [3.63, 3.8) is 0 Å². The number of rotatable bonds is 0. The SMILES string of the molecule is C[C@@]12CCCC[C@]1(O)NC(=O)[C@]21C(=O)NC(N)=C1C#N. The van der Waals surface area contributed by atoms with Gasteiger partial charge in [-0.1, -0.05) is 13.3 Å². The zero-order valence-electron chi connectivity index (χ0n) is 11.1. The summed E-state index contributed by atoms with van der Waals surface area (Å²) in [5, 5.41) is 25.1. The van der Waals surface area contributed by atoms with Crippen molar-refractivity contribution in [3.8, 4) is 6.07 Å². The predicted molar refractivity (Wildman–Crippen MR) is 67.1 cm³/mol. The molecular weight excluding hydrogens is 260 g/mol. The summed E-state index contributed by atoms with van der Waals surface area (Å²) < 4.78 is 0. The van der Waals surface area contributed by atoms with Crippen LogP contribution < -0.4 is 16.4 Å². The van der Waals surface area contributed by atoms with Gasteiger partial charge in [0.25, 0.3) is 0 Å². The first-order valence-corrected chi connectivity index (χ1v) is 6.60. The first kappa shape index (κ1) is 12.9. The Labute approximate surface area is 115 Å². The van der Waals surface area contributed by atoms with E-state index < -0.39 is 28.4 Å². The monoisotopic (exact) mass is 276 g/mol. The van der Waals surface area contributed by atoms with Crippen LogP contribution in [0.2, 0.25) is 0 Å². The molecule has 3 rings (SSSR count). The van der Waals surface area contributed by atoms with Gasteiger partial charge in [-0.2, -0.15) is 5.26 Å². The standard InChI is InChI=1S/C13H16N4O3/c1-11-4-2-3-5-12(11,20)17-10(19)13(11)7(6-14)8(15)16-9(13)18/h20H,2-5,15H2,1H3,(H,16,18)(H,17,19)/t11-,12-,13+/m1/s1. The van der Waals surface area contributed by atoms with Crippen LogP contribution in [0.25, 0.3) is 0 Å². The van der Waals surface area contributed by atoms with Gasteiger partial charge in [0.15, 0.2) is 5.41 Å². The van der Waals surface area contributed by atoms with E-state index in [-0.39, 0.29) is 11.4 Å². The molecule has 1 aliphatic carbocycles. The van der Waals surface area contributed by atoms with Crippen molar-refractivity contribution < 1.29 is 14.7 Å². The van der Waals surface area contributed by atoms with Crippen molar-refractivity contribution >= 4 is 11.8 Å². The van der Waals surface area contributed by atoms with E-state index in [0.717, 1.165) is 12.8 Å². The van der Waals surface area contributed by atoms with Gasteiger partial charge in [0.2, 0.25) is 11.8 Å². The number of aliphatic hydroxyl groups is 1. The molecule has 5 N–H and O–H groups in total. The first-order chi connectivity index (χ1) is 9.33. The van der Waals surface area contributed by atoms with E-state index in [4.69, 9.17) is 5.73 Å². The molecule has 7 heteroatoms. The summed E-state index contributed by atoms with van der Waals surface area (Å²) in [5.41, 5.74) is 1.32. The molecule has 106 valence electrons. The Hall–Kier alpha value is -2.07. The van der Waals surface area contributed by atoms with Crippen molar-refractivity contribution in [2.45, 2.75) is 38.3 Å². The summed E-state index contributed by atoms with van der Waals surface area (Å²) in [6.07, 6.45) is 2.36. The van der Waals surface area contributed by atoms with Crippen LogP contribution in [0.5, 0.6) is 0 Å². The molecule has 20 heavy (non-hydrogen) atoms. The van der Waals surface area contributed by atoms with Crippen LogP contribution in [-0.4, -0.2) is 22.6 Å². The summed E-state index contributed by atoms with van der Waals surface area (Å²) in [7, 11) is 0. The molecule has 0 aromatic rings. The zero-order valence-corrected chi connectivity index (χ0v) is 11.1. The maximum atomic E-state index is 12.5. The molecule has 0 aromatic heterocycles. The minimum Gasteiger partial charge on any atom is -0.384 e. The summed E-state index contributed by atoms with van der Waals surface area (Å²) >= 11 is 0. The average Bonchev–Trinajstić information content (AvgIpc) is 2.73. The molecule has 2 amide bonds. The maximum Gasteiger partial charge on any atom is 0.247 e. The van der Waals surface area contributed by atoms with Gasteiger partial charge in [0.05, 0.1) is 5.57 Å². The highest BCUT2D eigenvalue weighted by Gasteiger charge is 2.77. The predicted octanol–water partition coefficient (Wildman–Crippen LogP) is -0.805. The second kappa shape index (κ2) is 3.52. The Morgan fingerprint density at radius 3 is 2.60 bits per heavy atom. The average molecular weight is 276 g/mol. The molecule has 2 aliphatic heterocycles. The highest BCUT2D eigenvalue weighted by atomic mass is 16.3. The van der Waals surface area contributed by atoms with Crippen LogP contribution >= 0.6 is 0 Å². The molecule has 1 spiro atoms. The van der Waals surface area contributed by atoms with E-state index in [1.807, 2.05) is 6.07 Å². The molecular formula is C13H16N4O3. The molecule has 0 aromatic carbocycles. The third-order valence-corrected chi connectivity index (χ3v) is 5.21. The van der Waals surface area contributed by atoms with Gasteiger partial charge in [0.1, 0.15) is 17.6 Å². The highest BCUT2D eigenvalue weighted by molar-refractivity contribution is 6.14. The van der Waals surface area contributed by atoms with Gasteiger partial charge < -0.3 is 21.5 Å².